The summed E-state index contributed by atoms with van der Waals surface area (Å²) in [5.74, 6) is 1.14. The van der Waals surface area contributed by atoms with E-state index in [0.717, 1.165) is 5.56 Å². The second-order valence-electron chi connectivity index (χ2n) is 6.13. The van der Waals surface area contributed by atoms with Gasteiger partial charge in [0.25, 0.3) is 0 Å². The molecule has 0 bridgehead atoms. The van der Waals surface area contributed by atoms with Crippen molar-refractivity contribution in [2.75, 3.05) is 13.1 Å². The van der Waals surface area contributed by atoms with Crippen molar-refractivity contribution in [1.29, 1.82) is 0 Å². The summed E-state index contributed by atoms with van der Waals surface area (Å²) >= 11 is 0. The van der Waals surface area contributed by atoms with Crippen molar-refractivity contribution in [3.05, 3.63) is 29.8 Å². The van der Waals surface area contributed by atoms with E-state index < -0.39 is 10.0 Å². The van der Waals surface area contributed by atoms with Crippen LogP contribution < -0.4 is 5.73 Å². The lowest BCUT2D eigenvalue weighted by atomic mass is 10.0. The predicted molar refractivity (Wildman–Crippen MR) is 78.6 cm³/mol. The van der Waals surface area contributed by atoms with Gasteiger partial charge in [-0.1, -0.05) is 18.6 Å². The first-order chi connectivity index (χ1) is 9.48. The van der Waals surface area contributed by atoms with E-state index >= 15 is 0 Å². The van der Waals surface area contributed by atoms with Crippen molar-refractivity contribution in [3.8, 4) is 0 Å². The zero-order valence-corrected chi connectivity index (χ0v) is 12.6. The van der Waals surface area contributed by atoms with Crippen molar-refractivity contribution < 1.29 is 8.42 Å². The summed E-state index contributed by atoms with van der Waals surface area (Å²) in [7, 11) is -3.36. The van der Waals surface area contributed by atoms with Crippen LogP contribution in [0.15, 0.2) is 29.2 Å². The second kappa shape index (κ2) is 5.13. The normalized spacial score (nSPS) is 28.5. The number of benzene rings is 1. The minimum absolute atomic E-state index is 0.150. The summed E-state index contributed by atoms with van der Waals surface area (Å²) in [5, 5.41) is 0. The molecule has 1 aromatic rings. The third-order valence-electron chi connectivity index (χ3n) is 4.71. The molecule has 110 valence electrons. The van der Waals surface area contributed by atoms with E-state index in [1.807, 2.05) is 13.0 Å². The zero-order valence-electron chi connectivity index (χ0n) is 11.8. The number of nitrogens with zero attached hydrogens (tertiary/aromatic N) is 1. The first kappa shape index (κ1) is 14.0. The maximum absolute atomic E-state index is 12.7. The average molecular weight is 294 g/mol. The van der Waals surface area contributed by atoms with Crippen LogP contribution in [0.2, 0.25) is 0 Å². The number of nitrogens with two attached hydrogens (primary N) is 1. The van der Waals surface area contributed by atoms with Gasteiger partial charge in [-0.25, -0.2) is 8.42 Å². The fourth-order valence-corrected chi connectivity index (χ4v) is 5.10. The Labute approximate surface area is 121 Å². The molecule has 0 amide bonds. The largest absolute Gasteiger partial charge is 0.324 e. The average Bonchev–Trinajstić information content (AvgIpc) is 2.99. The van der Waals surface area contributed by atoms with Crippen molar-refractivity contribution in [2.45, 2.75) is 37.1 Å². The highest BCUT2D eigenvalue weighted by Crippen LogP contribution is 2.39. The van der Waals surface area contributed by atoms with Gasteiger partial charge in [-0.3, -0.25) is 0 Å². The molecule has 1 aliphatic carbocycles. The minimum atomic E-state index is -3.36. The molecular weight excluding hydrogens is 272 g/mol. The molecule has 20 heavy (non-hydrogen) atoms. The molecule has 4 nitrogen and oxygen atoms in total. The van der Waals surface area contributed by atoms with Gasteiger partial charge >= 0.3 is 0 Å². The Bertz CT molecular complexity index is 586. The van der Waals surface area contributed by atoms with Crippen LogP contribution in [0.5, 0.6) is 0 Å². The highest BCUT2D eigenvalue weighted by atomic mass is 32.2. The Morgan fingerprint density at radius 1 is 1.25 bits per heavy atom. The Balaban J connectivity index is 1.87. The molecule has 1 aromatic carbocycles. The van der Waals surface area contributed by atoms with Crippen LogP contribution in [-0.2, 0) is 10.0 Å². The second-order valence-corrected chi connectivity index (χ2v) is 8.07. The Morgan fingerprint density at radius 2 is 1.90 bits per heavy atom. The van der Waals surface area contributed by atoms with Crippen molar-refractivity contribution in [2.24, 2.45) is 17.6 Å². The fourth-order valence-electron chi connectivity index (χ4n) is 3.50. The van der Waals surface area contributed by atoms with Gasteiger partial charge in [0, 0.05) is 19.1 Å². The molecule has 1 saturated carbocycles. The highest BCUT2D eigenvalue weighted by molar-refractivity contribution is 7.89. The Kier molecular flexibility index (Phi) is 3.60. The van der Waals surface area contributed by atoms with Gasteiger partial charge in [0.15, 0.2) is 0 Å². The third-order valence-corrected chi connectivity index (χ3v) is 6.54. The molecular formula is C15H22N2O2S. The first-order valence-electron chi connectivity index (χ1n) is 7.34. The number of hydrogen-bond acceptors (Lipinski definition) is 3. The smallest absolute Gasteiger partial charge is 0.243 e. The van der Waals surface area contributed by atoms with E-state index in [1.165, 1.54) is 19.3 Å². The van der Waals surface area contributed by atoms with Gasteiger partial charge in [0.05, 0.1) is 4.90 Å². The molecule has 3 unspecified atom stereocenters. The van der Waals surface area contributed by atoms with Crippen LogP contribution in [0.1, 0.15) is 37.8 Å². The van der Waals surface area contributed by atoms with Gasteiger partial charge in [0.1, 0.15) is 0 Å². The predicted octanol–water partition coefficient (Wildman–Crippen LogP) is 2.13. The molecule has 3 atom stereocenters. The zero-order chi connectivity index (χ0) is 14.3. The van der Waals surface area contributed by atoms with Crippen LogP contribution in [0.4, 0.5) is 0 Å². The number of fused-ring (bicyclic) bond motifs is 1. The lowest BCUT2D eigenvalue weighted by Gasteiger charge is -2.18. The van der Waals surface area contributed by atoms with Gasteiger partial charge in [-0.15, -0.1) is 0 Å². The van der Waals surface area contributed by atoms with Crippen molar-refractivity contribution in [1.82, 2.24) is 4.31 Å². The van der Waals surface area contributed by atoms with Crippen LogP contribution in [-0.4, -0.2) is 25.8 Å². The summed E-state index contributed by atoms with van der Waals surface area (Å²) < 4.78 is 27.1. The first-order valence-corrected chi connectivity index (χ1v) is 8.78. The van der Waals surface area contributed by atoms with Crippen LogP contribution in [0.3, 0.4) is 0 Å². The molecule has 1 saturated heterocycles. The lowest BCUT2D eigenvalue weighted by Crippen LogP contribution is -2.29. The van der Waals surface area contributed by atoms with Crippen LogP contribution in [0.25, 0.3) is 0 Å². The van der Waals surface area contributed by atoms with E-state index in [1.54, 1.807) is 22.5 Å². The molecule has 2 N–H and O–H groups in total. The van der Waals surface area contributed by atoms with E-state index in [2.05, 4.69) is 0 Å². The molecule has 0 aromatic heterocycles. The molecule has 3 rings (SSSR count). The van der Waals surface area contributed by atoms with E-state index in [4.69, 9.17) is 5.73 Å². The molecule has 0 spiro atoms. The number of hydrogen-bond donors (Lipinski definition) is 1. The van der Waals surface area contributed by atoms with Gasteiger partial charge in [-0.05, 0) is 49.3 Å². The van der Waals surface area contributed by atoms with Crippen LogP contribution in [0, 0.1) is 11.8 Å². The third kappa shape index (κ3) is 2.38. The maximum Gasteiger partial charge on any atom is 0.243 e. The summed E-state index contributed by atoms with van der Waals surface area (Å²) in [6.45, 7) is 3.25. The fraction of sp³-hybridized carbons (Fsp3) is 0.600. The van der Waals surface area contributed by atoms with Crippen molar-refractivity contribution in [3.63, 3.8) is 0 Å². The maximum atomic E-state index is 12.7. The molecule has 2 aliphatic rings. The monoisotopic (exact) mass is 294 g/mol. The minimum Gasteiger partial charge on any atom is -0.324 e. The Morgan fingerprint density at radius 3 is 2.50 bits per heavy atom. The SMILES string of the molecule is CC(N)c1cccc(S(=O)(=O)N2CC3CCCC3C2)c1. The van der Waals surface area contributed by atoms with Gasteiger partial charge < -0.3 is 5.73 Å². The molecule has 5 heteroatoms. The lowest BCUT2D eigenvalue weighted by molar-refractivity contribution is 0.445. The standard InChI is InChI=1S/C15H22N2O2S/c1-11(16)12-4-3-7-15(8-12)20(18,19)17-9-13-5-2-6-14(13)10-17/h3-4,7-8,11,13-14H,2,5-6,9-10,16H2,1H3. The van der Waals surface area contributed by atoms with Crippen molar-refractivity contribution >= 4 is 10.0 Å². The van der Waals surface area contributed by atoms with E-state index in [9.17, 15) is 8.42 Å². The number of rotatable bonds is 3. The summed E-state index contributed by atoms with van der Waals surface area (Å²) in [5.41, 5.74) is 6.71. The molecule has 1 aliphatic heterocycles. The summed E-state index contributed by atoms with van der Waals surface area (Å²) in [4.78, 5) is 0.382. The quantitative estimate of drug-likeness (QED) is 0.929. The summed E-state index contributed by atoms with van der Waals surface area (Å²) in [6.07, 6.45) is 3.61. The summed E-state index contributed by atoms with van der Waals surface area (Å²) in [6, 6.07) is 6.90. The topological polar surface area (TPSA) is 63.4 Å². The molecule has 0 radical (unpaired) electrons. The molecule has 2 fully saturated rings. The van der Waals surface area contributed by atoms with Gasteiger partial charge in [0.2, 0.25) is 10.0 Å². The number of sulfonamides is 1. The Hall–Kier alpha value is -0.910. The van der Waals surface area contributed by atoms with E-state index in [0.29, 0.717) is 29.8 Å². The highest BCUT2D eigenvalue weighted by Gasteiger charge is 2.41. The van der Waals surface area contributed by atoms with E-state index in [-0.39, 0.29) is 6.04 Å². The molecule has 1 heterocycles. The van der Waals surface area contributed by atoms with Gasteiger partial charge in [-0.2, -0.15) is 4.31 Å². The van der Waals surface area contributed by atoms with Crippen LogP contribution >= 0.6 is 0 Å².